The van der Waals surface area contributed by atoms with Crippen LogP contribution in [0.2, 0.25) is 0 Å². The number of ether oxygens (including phenoxy) is 5. The molecule has 0 aromatic heterocycles. The van der Waals surface area contributed by atoms with Gasteiger partial charge in [0.15, 0.2) is 23.0 Å². The molecule has 0 saturated carbocycles. The zero-order valence-electron chi connectivity index (χ0n) is 19.3. The number of carbonyl (C=O) groups is 2. The molecule has 2 aromatic carbocycles. The molecule has 0 radical (unpaired) electrons. The van der Waals surface area contributed by atoms with E-state index in [4.69, 9.17) is 23.7 Å². The predicted molar refractivity (Wildman–Crippen MR) is 119 cm³/mol. The van der Waals surface area contributed by atoms with Gasteiger partial charge in [-0.2, -0.15) is 0 Å². The molecule has 2 aromatic rings. The molecule has 0 bridgehead atoms. The molecule has 9 nitrogen and oxygen atoms in total. The van der Waals surface area contributed by atoms with E-state index in [-0.39, 0.29) is 18.7 Å². The Balaban J connectivity index is 1.79. The van der Waals surface area contributed by atoms with Crippen molar-refractivity contribution in [2.75, 3.05) is 30.8 Å². The van der Waals surface area contributed by atoms with Crippen LogP contribution >= 0.6 is 0 Å². The van der Waals surface area contributed by atoms with Crippen molar-refractivity contribution in [1.82, 2.24) is 0 Å². The molecule has 0 saturated heterocycles. The minimum Gasteiger partial charge on any atom is -0.493 e. The lowest BCUT2D eigenvalue weighted by atomic mass is 9.86. The Morgan fingerprint density at radius 1 is 1.00 bits per heavy atom. The fourth-order valence-electron chi connectivity index (χ4n) is 5.30. The van der Waals surface area contributed by atoms with Crippen molar-refractivity contribution in [1.29, 1.82) is 0 Å². The van der Waals surface area contributed by atoms with Gasteiger partial charge in [-0.25, -0.2) is 0 Å². The van der Waals surface area contributed by atoms with E-state index in [1.807, 2.05) is 23.1 Å². The van der Waals surface area contributed by atoms with Crippen molar-refractivity contribution in [2.24, 2.45) is 0 Å². The van der Waals surface area contributed by atoms with E-state index in [1.165, 1.54) is 18.7 Å². The normalized spacial score (nSPS) is 22.2. The number of hydrogen-bond donors (Lipinski definition) is 0. The van der Waals surface area contributed by atoms with Crippen LogP contribution in [0.4, 0.5) is 11.4 Å². The third-order valence-electron chi connectivity index (χ3n) is 6.48. The Morgan fingerprint density at radius 3 is 2.30 bits per heavy atom. The summed E-state index contributed by atoms with van der Waals surface area (Å²) in [5.74, 6) is 0.157. The number of benzene rings is 2. The molecule has 1 amide bonds. The Hall–Kier alpha value is -3.62. The second-order valence-corrected chi connectivity index (χ2v) is 8.41. The van der Waals surface area contributed by atoms with Crippen LogP contribution in [0.3, 0.4) is 0 Å². The van der Waals surface area contributed by atoms with Gasteiger partial charge in [0.05, 0.1) is 25.9 Å². The van der Waals surface area contributed by atoms with Crippen molar-refractivity contribution in [3.8, 4) is 23.0 Å². The summed E-state index contributed by atoms with van der Waals surface area (Å²) in [7, 11) is 3.12. The number of fused-ring (bicyclic) bond motifs is 6. The lowest BCUT2D eigenvalue weighted by Gasteiger charge is -2.56. The van der Waals surface area contributed by atoms with Crippen molar-refractivity contribution < 1.29 is 33.3 Å². The molecule has 0 N–H and O–H groups in total. The Labute approximate surface area is 191 Å². The summed E-state index contributed by atoms with van der Waals surface area (Å²) in [6.07, 6.45) is 1.51. The number of rotatable bonds is 3. The molecular formula is C24H26N2O7. The van der Waals surface area contributed by atoms with Crippen molar-refractivity contribution in [3.05, 3.63) is 35.4 Å². The molecule has 174 valence electrons. The van der Waals surface area contributed by atoms with Crippen LogP contribution in [-0.4, -0.2) is 38.7 Å². The number of anilines is 2. The van der Waals surface area contributed by atoms with E-state index >= 15 is 0 Å². The average Bonchev–Trinajstić information content (AvgIpc) is 3.22. The van der Waals surface area contributed by atoms with Crippen LogP contribution in [0.5, 0.6) is 23.0 Å². The standard InChI is InChI=1S/C24H26N2O7/c1-13(27)25-19-11-21(30-5)20(29-4)9-16(19)17-7-6-15-8-22-23(32-12-31-22)10-18(15)26(17)24(25,3)33-14(2)28/h8-11,17H,6-7,12H2,1-5H3/t17-,24-/m0/s1. The number of hydrogen-bond acceptors (Lipinski definition) is 8. The maximum atomic E-state index is 13.1. The van der Waals surface area contributed by atoms with Gasteiger partial charge in [-0.15, -0.1) is 0 Å². The van der Waals surface area contributed by atoms with E-state index in [2.05, 4.69) is 0 Å². The number of nitrogens with zero attached hydrogens (tertiary/aromatic N) is 2. The second kappa shape index (κ2) is 7.47. The summed E-state index contributed by atoms with van der Waals surface area (Å²) in [6.45, 7) is 4.69. The SMILES string of the molecule is COc1cc2c(cc1OC)N(C(C)=O)[C@](C)(OC(C)=O)N1c3cc4c(cc3CC[C@@H]21)OCO4. The van der Waals surface area contributed by atoms with Crippen molar-refractivity contribution in [2.45, 2.75) is 45.5 Å². The van der Waals surface area contributed by atoms with Gasteiger partial charge >= 0.3 is 5.97 Å². The van der Waals surface area contributed by atoms with E-state index in [0.29, 0.717) is 28.7 Å². The highest BCUT2D eigenvalue weighted by molar-refractivity contribution is 5.97. The first-order valence-corrected chi connectivity index (χ1v) is 10.8. The van der Waals surface area contributed by atoms with Crippen LogP contribution in [0.15, 0.2) is 24.3 Å². The predicted octanol–water partition coefficient (Wildman–Crippen LogP) is 3.53. The molecule has 0 unspecified atom stereocenters. The van der Waals surface area contributed by atoms with Crippen molar-refractivity contribution in [3.63, 3.8) is 0 Å². The maximum absolute atomic E-state index is 13.1. The molecule has 0 spiro atoms. The maximum Gasteiger partial charge on any atom is 0.306 e. The van der Waals surface area contributed by atoms with E-state index in [0.717, 1.165) is 29.7 Å². The highest BCUT2D eigenvalue weighted by Gasteiger charge is 2.54. The van der Waals surface area contributed by atoms with Crippen LogP contribution < -0.4 is 28.7 Å². The van der Waals surface area contributed by atoms with Gasteiger partial charge in [-0.05, 0) is 30.5 Å². The van der Waals surface area contributed by atoms with Gasteiger partial charge in [0.25, 0.3) is 5.85 Å². The number of methoxy groups -OCH3 is 2. The second-order valence-electron chi connectivity index (χ2n) is 8.41. The first-order valence-electron chi connectivity index (χ1n) is 10.8. The lowest BCUT2D eigenvalue weighted by Crippen LogP contribution is -2.67. The molecular weight excluding hydrogens is 428 g/mol. The van der Waals surface area contributed by atoms with E-state index < -0.39 is 11.8 Å². The zero-order chi connectivity index (χ0) is 23.5. The summed E-state index contributed by atoms with van der Waals surface area (Å²) >= 11 is 0. The Morgan fingerprint density at radius 2 is 1.67 bits per heavy atom. The molecule has 33 heavy (non-hydrogen) atoms. The zero-order valence-corrected chi connectivity index (χ0v) is 19.3. The monoisotopic (exact) mass is 454 g/mol. The molecule has 9 heteroatoms. The number of esters is 1. The number of aryl methyl sites for hydroxylation is 1. The number of carbonyl (C=O) groups excluding carboxylic acids is 2. The average molecular weight is 454 g/mol. The third-order valence-corrected chi connectivity index (χ3v) is 6.48. The van der Waals surface area contributed by atoms with Gasteiger partial charge in [0.2, 0.25) is 12.7 Å². The first kappa shape index (κ1) is 21.2. The van der Waals surface area contributed by atoms with Gasteiger partial charge < -0.3 is 28.6 Å². The molecule has 0 fully saturated rings. The molecule has 3 heterocycles. The minimum absolute atomic E-state index is 0.155. The minimum atomic E-state index is -1.42. The quantitative estimate of drug-likeness (QED) is 0.651. The first-order chi connectivity index (χ1) is 15.8. The topological polar surface area (TPSA) is 86.8 Å². The Kier molecular flexibility index (Phi) is 4.81. The van der Waals surface area contributed by atoms with Gasteiger partial charge in [-0.1, -0.05) is 0 Å². The molecule has 0 aliphatic carbocycles. The van der Waals surface area contributed by atoms with Gasteiger partial charge in [-0.3, -0.25) is 14.5 Å². The largest absolute Gasteiger partial charge is 0.493 e. The fourth-order valence-corrected chi connectivity index (χ4v) is 5.30. The smallest absolute Gasteiger partial charge is 0.306 e. The van der Waals surface area contributed by atoms with Gasteiger partial charge in [0.1, 0.15) is 0 Å². The molecule has 3 aliphatic rings. The molecule has 5 rings (SSSR count). The summed E-state index contributed by atoms with van der Waals surface area (Å²) in [5, 5.41) is 0. The summed E-state index contributed by atoms with van der Waals surface area (Å²) in [4.78, 5) is 28.9. The summed E-state index contributed by atoms with van der Waals surface area (Å²) in [5.41, 5.74) is 3.36. The molecule has 2 atom stereocenters. The highest BCUT2D eigenvalue weighted by Crippen LogP contribution is 2.55. The van der Waals surface area contributed by atoms with Crippen LogP contribution in [0.1, 0.15) is 44.4 Å². The van der Waals surface area contributed by atoms with Crippen molar-refractivity contribution >= 4 is 23.3 Å². The van der Waals surface area contributed by atoms with Crippen LogP contribution in [0.25, 0.3) is 0 Å². The van der Waals surface area contributed by atoms with Crippen LogP contribution in [-0.2, 0) is 20.7 Å². The van der Waals surface area contributed by atoms with E-state index in [9.17, 15) is 9.59 Å². The molecule has 3 aliphatic heterocycles. The number of amides is 1. The fraction of sp³-hybridized carbons (Fsp3) is 0.417. The lowest BCUT2D eigenvalue weighted by molar-refractivity contribution is -0.158. The summed E-state index contributed by atoms with van der Waals surface area (Å²) < 4.78 is 28.2. The van der Waals surface area contributed by atoms with Crippen LogP contribution in [0, 0.1) is 0 Å². The van der Waals surface area contributed by atoms with Gasteiger partial charge in [0, 0.05) is 44.2 Å². The third kappa shape index (κ3) is 3.06. The Bertz CT molecular complexity index is 1160. The van der Waals surface area contributed by atoms with E-state index in [1.54, 1.807) is 27.2 Å². The summed E-state index contributed by atoms with van der Waals surface area (Å²) in [6, 6.07) is 7.34. The highest BCUT2D eigenvalue weighted by atomic mass is 16.7.